The van der Waals surface area contributed by atoms with E-state index in [9.17, 15) is 14.3 Å². The number of aliphatic hydroxyl groups is 1. The van der Waals surface area contributed by atoms with Gasteiger partial charge in [-0.25, -0.2) is 4.39 Å². The third-order valence-electron chi connectivity index (χ3n) is 8.00. The Kier molecular flexibility index (Phi) is 10.6. The van der Waals surface area contributed by atoms with Crippen molar-refractivity contribution < 1.29 is 27.9 Å². The second-order valence-corrected chi connectivity index (χ2v) is 18.7. The fraction of sp³-hybridized carbons (Fsp3) is 0.588. The van der Waals surface area contributed by atoms with Gasteiger partial charge in [-0.1, -0.05) is 93.5 Å². The maximum absolute atomic E-state index is 14.0. The summed E-state index contributed by atoms with van der Waals surface area (Å²) in [5, 5.41) is 10.0. The van der Waals surface area contributed by atoms with Gasteiger partial charge in [-0.15, -0.1) is 0 Å². The van der Waals surface area contributed by atoms with E-state index in [4.69, 9.17) is 18.6 Å². The Morgan fingerprint density at radius 1 is 1.05 bits per heavy atom. The molecule has 0 unspecified atom stereocenters. The Morgan fingerprint density at radius 3 is 2.10 bits per heavy atom. The number of nitrogens with zero attached hydrogens (tertiary/aromatic N) is 1. The number of aliphatic hydroxyl groups excluding tert-OH is 1. The molecule has 1 saturated heterocycles. The van der Waals surface area contributed by atoms with Gasteiger partial charge in [0.1, 0.15) is 5.82 Å². The SMILES string of the molecule is COC(=O)C[C@H]1C[C@@H](C=Cc2c(C(C)C)nc(C(C)C)c(CO)c2-c2ccc(F)cc2)O[Si](C(C)(C)C)(C(C)(C)C)O1. The van der Waals surface area contributed by atoms with Crippen molar-refractivity contribution >= 4 is 20.6 Å². The molecule has 232 valence electrons. The highest BCUT2D eigenvalue weighted by Crippen LogP contribution is 2.55. The van der Waals surface area contributed by atoms with Crippen LogP contribution >= 0.6 is 0 Å². The summed E-state index contributed by atoms with van der Waals surface area (Å²) in [7, 11) is -1.55. The van der Waals surface area contributed by atoms with E-state index in [2.05, 4.69) is 75.3 Å². The first kappa shape index (κ1) is 34.1. The first-order valence-corrected chi connectivity index (χ1v) is 16.8. The summed E-state index contributed by atoms with van der Waals surface area (Å²) in [5.74, 6) is -0.446. The number of carbonyl (C=O) groups is 1. The van der Waals surface area contributed by atoms with Crippen LogP contribution in [0.3, 0.4) is 0 Å². The lowest BCUT2D eigenvalue weighted by Crippen LogP contribution is -2.63. The van der Waals surface area contributed by atoms with Crippen LogP contribution < -0.4 is 0 Å². The van der Waals surface area contributed by atoms with E-state index in [0.29, 0.717) is 6.42 Å². The predicted octanol–water partition coefficient (Wildman–Crippen LogP) is 8.42. The second kappa shape index (κ2) is 13.1. The molecule has 0 radical (unpaired) electrons. The summed E-state index contributed by atoms with van der Waals surface area (Å²) in [4.78, 5) is 17.5. The molecule has 1 aliphatic rings. The Balaban J connectivity index is 2.25. The second-order valence-electron chi connectivity index (χ2n) is 14.0. The van der Waals surface area contributed by atoms with Gasteiger partial charge in [0.15, 0.2) is 0 Å². The minimum atomic E-state index is -2.95. The van der Waals surface area contributed by atoms with Gasteiger partial charge in [-0.2, -0.15) is 0 Å². The molecule has 1 aromatic carbocycles. The molecule has 1 N–H and O–H groups in total. The maximum Gasteiger partial charge on any atom is 0.350 e. The van der Waals surface area contributed by atoms with Gasteiger partial charge < -0.3 is 18.7 Å². The average Bonchev–Trinajstić information content (AvgIpc) is 2.89. The monoisotopic (exact) mass is 599 g/mol. The molecule has 8 heteroatoms. The molecule has 0 aliphatic carbocycles. The van der Waals surface area contributed by atoms with Gasteiger partial charge in [0.05, 0.1) is 38.0 Å². The highest BCUT2D eigenvalue weighted by molar-refractivity contribution is 6.73. The average molecular weight is 600 g/mol. The number of methoxy groups -OCH3 is 1. The topological polar surface area (TPSA) is 77.9 Å². The van der Waals surface area contributed by atoms with Crippen molar-refractivity contribution in [2.75, 3.05) is 7.11 Å². The molecule has 1 aliphatic heterocycles. The molecule has 1 aromatic heterocycles. The molecule has 1 fully saturated rings. The summed E-state index contributed by atoms with van der Waals surface area (Å²) in [6.45, 7) is 21.0. The van der Waals surface area contributed by atoms with Crippen molar-refractivity contribution in [1.82, 2.24) is 4.98 Å². The number of benzene rings is 1. The van der Waals surface area contributed by atoms with Gasteiger partial charge >= 0.3 is 14.5 Å². The largest absolute Gasteiger partial charge is 0.469 e. The maximum atomic E-state index is 14.0. The molecule has 6 nitrogen and oxygen atoms in total. The van der Waals surface area contributed by atoms with Gasteiger partial charge in [-0.05, 0) is 35.1 Å². The first-order chi connectivity index (χ1) is 19.5. The molecular formula is C34H50FNO5Si. The number of carbonyl (C=O) groups excluding carboxylic acids is 1. The van der Waals surface area contributed by atoms with E-state index in [0.717, 1.165) is 33.6 Å². The number of ether oxygens (including phenoxy) is 1. The van der Waals surface area contributed by atoms with Crippen LogP contribution in [0.25, 0.3) is 17.2 Å². The van der Waals surface area contributed by atoms with Crippen molar-refractivity contribution in [2.45, 2.75) is 123 Å². The Labute approximate surface area is 252 Å². The Bertz CT molecular complexity index is 1260. The summed E-state index contributed by atoms with van der Waals surface area (Å²) in [5.41, 5.74) is 5.03. The van der Waals surface area contributed by atoms with Gasteiger partial charge in [-0.3, -0.25) is 9.78 Å². The highest BCUT2D eigenvalue weighted by atomic mass is 28.4. The van der Waals surface area contributed by atoms with Gasteiger partial charge in [0.25, 0.3) is 0 Å². The van der Waals surface area contributed by atoms with Crippen LogP contribution in [0.1, 0.15) is 116 Å². The zero-order valence-electron chi connectivity index (χ0n) is 27.3. The van der Waals surface area contributed by atoms with Crippen molar-refractivity contribution in [2.24, 2.45) is 0 Å². The zero-order chi connectivity index (χ0) is 31.6. The standard InChI is InChI=1S/C34H50FNO5Si/c1-21(2)31-27(30(23-12-14-24(35)15-13-23)28(20-37)32(36-31)22(3)4)17-16-25-18-26(19-29(38)39-11)41-42(40-25,33(5,6)7)34(8,9)10/h12-17,21-22,25-26,37H,18-20H2,1-11H3/t25-,26-/m1/s1. The normalized spacial score (nSPS) is 19.6. The predicted molar refractivity (Wildman–Crippen MR) is 169 cm³/mol. The van der Waals surface area contributed by atoms with Crippen molar-refractivity contribution in [3.63, 3.8) is 0 Å². The summed E-state index contributed by atoms with van der Waals surface area (Å²) >= 11 is 0. The van der Waals surface area contributed by atoms with Crippen molar-refractivity contribution in [3.05, 3.63) is 58.7 Å². The van der Waals surface area contributed by atoms with E-state index in [1.807, 2.05) is 6.08 Å². The molecule has 2 heterocycles. The van der Waals surface area contributed by atoms with Crippen molar-refractivity contribution in [1.29, 1.82) is 0 Å². The van der Waals surface area contributed by atoms with Gasteiger partial charge in [0, 0.05) is 33.3 Å². The number of halogens is 1. The Morgan fingerprint density at radius 2 is 1.62 bits per heavy atom. The first-order valence-electron chi connectivity index (χ1n) is 15.0. The third kappa shape index (κ3) is 7.04. The minimum absolute atomic E-state index is 0.0879. The van der Waals surface area contributed by atoms with E-state index in [1.54, 1.807) is 12.1 Å². The molecule has 42 heavy (non-hydrogen) atoms. The number of hydrogen-bond acceptors (Lipinski definition) is 6. The lowest BCUT2D eigenvalue weighted by molar-refractivity contribution is -0.144. The molecule has 0 spiro atoms. The molecular weight excluding hydrogens is 549 g/mol. The van der Waals surface area contributed by atoms with Crippen LogP contribution in [-0.4, -0.2) is 43.9 Å². The number of esters is 1. The van der Waals surface area contributed by atoms with Crippen LogP contribution in [0, 0.1) is 5.82 Å². The third-order valence-corrected chi connectivity index (χ3v) is 13.3. The molecule has 0 amide bonds. The quantitative estimate of drug-likeness (QED) is 0.242. The molecule has 2 aromatic rings. The van der Waals surface area contributed by atoms with E-state index >= 15 is 0 Å². The van der Waals surface area contributed by atoms with E-state index < -0.39 is 8.56 Å². The zero-order valence-corrected chi connectivity index (χ0v) is 28.3. The summed E-state index contributed by atoms with van der Waals surface area (Å²) in [6.07, 6.45) is 4.09. The Hall–Kier alpha value is -2.39. The summed E-state index contributed by atoms with van der Waals surface area (Å²) < 4.78 is 32.8. The van der Waals surface area contributed by atoms with Crippen LogP contribution in [0.15, 0.2) is 30.3 Å². The lowest BCUT2D eigenvalue weighted by atomic mass is 9.87. The van der Waals surface area contributed by atoms with E-state index in [1.165, 1.54) is 19.2 Å². The number of aromatic nitrogens is 1. The fourth-order valence-electron chi connectivity index (χ4n) is 6.25. The van der Waals surface area contributed by atoms with Crippen LogP contribution in [-0.2, 0) is 25.0 Å². The minimum Gasteiger partial charge on any atom is -0.469 e. The summed E-state index contributed by atoms with van der Waals surface area (Å²) in [6, 6.07) is 6.40. The molecule has 0 bridgehead atoms. The molecule has 2 atom stereocenters. The number of hydrogen-bond donors (Lipinski definition) is 1. The van der Waals surface area contributed by atoms with E-state index in [-0.39, 0.29) is 58.9 Å². The highest BCUT2D eigenvalue weighted by Gasteiger charge is 2.62. The number of rotatable bonds is 8. The number of pyridine rings is 1. The van der Waals surface area contributed by atoms with Crippen LogP contribution in [0.4, 0.5) is 4.39 Å². The molecule has 0 saturated carbocycles. The van der Waals surface area contributed by atoms with Crippen LogP contribution in [0.5, 0.6) is 0 Å². The fourth-order valence-corrected chi connectivity index (χ4v) is 11.2. The smallest absolute Gasteiger partial charge is 0.350 e. The van der Waals surface area contributed by atoms with Crippen LogP contribution in [0.2, 0.25) is 10.1 Å². The van der Waals surface area contributed by atoms with Crippen molar-refractivity contribution in [3.8, 4) is 11.1 Å². The lowest BCUT2D eigenvalue weighted by Gasteiger charge is -2.54. The van der Waals surface area contributed by atoms with Gasteiger partial charge in [0.2, 0.25) is 0 Å². The molecule has 3 rings (SSSR count).